The van der Waals surface area contributed by atoms with E-state index in [0.717, 1.165) is 43.5 Å². The highest BCUT2D eigenvalue weighted by molar-refractivity contribution is 5.72. The molecule has 2 aromatic rings. The van der Waals surface area contributed by atoms with Crippen LogP contribution in [0.3, 0.4) is 0 Å². The van der Waals surface area contributed by atoms with Gasteiger partial charge in [0.05, 0.1) is 0 Å². The molecule has 1 heterocycles. The lowest BCUT2D eigenvalue weighted by Crippen LogP contribution is -2.14. The van der Waals surface area contributed by atoms with Gasteiger partial charge in [-0.25, -0.2) is 9.97 Å². The summed E-state index contributed by atoms with van der Waals surface area (Å²) in [6.07, 6.45) is 8.77. The topological polar surface area (TPSA) is 52.1 Å². The number of benzene rings is 1. The third kappa shape index (κ3) is 4.65. The normalized spacial score (nSPS) is 16.3. The maximum Gasteiger partial charge on any atom is 0.311 e. The number of esters is 1. The summed E-state index contributed by atoms with van der Waals surface area (Å²) >= 11 is 0. The molecule has 132 valence electrons. The molecule has 4 heteroatoms. The minimum Gasteiger partial charge on any atom is -0.427 e. The number of hydrogen-bond acceptors (Lipinski definition) is 4. The second kappa shape index (κ2) is 8.24. The second-order valence-electron chi connectivity index (χ2n) is 6.97. The van der Waals surface area contributed by atoms with Crippen LogP contribution in [0.2, 0.25) is 0 Å². The maximum absolute atomic E-state index is 11.8. The third-order valence-electron chi connectivity index (χ3n) is 4.73. The highest BCUT2D eigenvalue weighted by Crippen LogP contribution is 2.26. The van der Waals surface area contributed by atoms with Crippen molar-refractivity contribution < 1.29 is 9.53 Å². The van der Waals surface area contributed by atoms with Crippen molar-refractivity contribution in [2.75, 3.05) is 0 Å². The Hall–Kier alpha value is -2.23. The smallest absolute Gasteiger partial charge is 0.311 e. The molecule has 4 nitrogen and oxygen atoms in total. The van der Waals surface area contributed by atoms with Gasteiger partial charge in [0.25, 0.3) is 0 Å². The summed E-state index contributed by atoms with van der Waals surface area (Å²) in [7, 11) is 0. The molecule has 0 fully saturated rings. The van der Waals surface area contributed by atoms with E-state index in [1.807, 2.05) is 30.5 Å². The van der Waals surface area contributed by atoms with Gasteiger partial charge < -0.3 is 4.74 Å². The first-order valence-electron chi connectivity index (χ1n) is 9.31. The van der Waals surface area contributed by atoms with E-state index < -0.39 is 0 Å². The minimum absolute atomic E-state index is 0.166. The molecule has 0 N–H and O–H groups in total. The molecule has 3 rings (SSSR count). The molecule has 0 bridgehead atoms. The summed E-state index contributed by atoms with van der Waals surface area (Å²) in [5, 5.41) is 0. The molecule has 1 atom stereocenters. The first-order valence-corrected chi connectivity index (χ1v) is 9.31. The van der Waals surface area contributed by atoms with Gasteiger partial charge in [0.2, 0.25) is 0 Å². The van der Waals surface area contributed by atoms with E-state index in [-0.39, 0.29) is 5.97 Å². The average molecular weight is 338 g/mol. The summed E-state index contributed by atoms with van der Waals surface area (Å²) in [6, 6.07) is 7.47. The SMILES string of the molecule is CCCCCC(=O)Oc1ccc(-c2ncc3c(n2)CCC(C)C3)cc1. The Morgan fingerprint density at radius 3 is 2.80 bits per heavy atom. The van der Waals surface area contributed by atoms with E-state index in [4.69, 9.17) is 9.72 Å². The van der Waals surface area contributed by atoms with E-state index in [1.54, 1.807) is 0 Å². The Balaban J connectivity index is 1.65. The number of nitrogens with zero attached hydrogens (tertiary/aromatic N) is 2. The van der Waals surface area contributed by atoms with Gasteiger partial charge in [-0.2, -0.15) is 0 Å². The van der Waals surface area contributed by atoms with Gasteiger partial charge in [0, 0.05) is 23.9 Å². The van der Waals surface area contributed by atoms with Crippen LogP contribution in [0, 0.1) is 5.92 Å². The number of unbranched alkanes of at least 4 members (excludes halogenated alkanes) is 2. The lowest BCUT2D eigenvalue weighted by atomic mass is 9.89. The molecule has 0 saturated carbocycles. The number of carbonyl (C=O) groups excluding carboxylic acids is 1. The Morgan fingerprint density at radius 1 is 1.24 bits per heavy atom. The summed E-state index contributed by atoms with van der Waals surface area (Å²) in [6.45, 7) is 4.40. The highest BCUT2D eigenvalue weighted by Gasteiger charge is 2.17. The molecule has 1 aromatic carbocycles. The monoisotopic (exact) mass is 338 g/mol. The zero-order chi connectivity index (χ0) is 17.6. The van der Waals surface area contributed by atoms with Crippen molar-refractivity contribution in [2.45, 2.75) is 58.8 Å². The number of rotatable bonds is 6. The fourth-order valence-corrected chi connectivity index (χ4v) is 3.20. The van der Waals surface area contributed by atoms with Crippen molar-refractivity contribution >= 4 is 5.97 Å². The van der Waals surface area contributed by atoms with E-state index in [0.29, 0.717) is 18.1 Å². The predicted molar refractivity (Wildman–Crippen MR) is 98.4 cm³/mol. The summed E-state index contributed by atoms with van der Waals surface area (Å²) in [5.41, 5.74) is 3.40. The zero-order valence-electron chi connectivity index (χ0n) is 15.1. The molecule has 25 heavy (non-hydrogen) atoms. The highest BCUT2D eigenvalue weighted by atomic mass is 16.5. The standard InChI is InChI=1S/C21H26N2O2/c1-3-4-5-6-20(24)25-18-10-8-16(9-11-18)21-22-14-17-13-15(2)7-12-19(17)23-21/h8-11,14-15H,3-7,12-13H2,1-2H3. The summed E-state index contributed by atoms with van der Waals surface area (Å²) in [4.78, 5) is 21.0. The maximum atomic E-state index is 11.8. The van der Waals surface area contributed by atoms with Crippen molar-refractivity contribution in [3.05, 3.63) is 41.7 Å². The number of aryl methyl sites for hydroxylation is 1. The van der Waals surface area contributed by atoms with Crippen LogP contribution in [0.4, 0.5) is 0 Å². The molecule has 0 radical (unpaired) electrons. The first-order chi connectivity index (χ1) is 12.2. The number of hydrogen-bond donors (Lipinski definition) is 0. The van der Waals surface area contributed by atoms with Crippen molar-refractivity contribution in [1.29, 1.82) is 0 Å². The van der Waals surface area contributed by atoms with Gasteiger partial charge in [0.15, 0.2) is 5.82 Å². The van der Waals surface area contributed by atoms with Gasteiger partial charge in [-0.05, 0) is 61.4 Å². The number of aromatic nitrogens is 2. The van der Waals surface area contributed by atoms with Crippen molar-refractivity contribution in [2.24, 2.45) is 5.92 Å². The molecular formula is C21H26N2O2. The summed E-state index contributed by atoms with van der Waals surface area (Å²) in [5.74, 6) is 1.87. The fourth-order valence-electron chi connectivity index (χ4n) is 3.20. The predicted octanol–water partition coefficient (Wildman–Crippen LogP) is 4.75. The third-order valence-corrected chi connectivity index (χ3v) is 4.73. The van der Waals surface area contributed by atoms with E-state index in [1.165, 1.54) is 17.7 Å². The lowest BCUT2D eigenvalue weighted by Gasteiger charge is -2.20. The van der Waals surface area contributed by atoms with Crippen LogP contribution in [0.5, 0.6) is 5.75 Å². The van der Waals surface area contributed by atoms with E-state index in [2.05, 4.69) is 18.8 Å². The Labute approximate surface area is 149 Å². The van der Waals surface area contributed by atoms with Gasteiger partial charge in [-0.15, -0.1) is 0 Å². The van der Waals surface area contributed by atoms with E-state index >= 15 is 0 Å². The quantitative estimate of drug-likeness (QED) is 0.433. The molecular weight excluding hydrogens is 312 g/mol. The largest absolute Gasteiger partial charge is 0.427 e. The first kappa shape index (κ1) is 17.6. The number of ether oxygens (including phenoxy) is 1. The fraction of sp³-hybridized carbons (Fsp3) is 0.476. The molecule has 0 amide bonds. The molecule has 0 saturated heterocycles. The van der Waals surface area contributed by atoms with Crippen molar-refractivity contribution in [3.63, 3.8) is 0 Å². The molecule has 1 unspecified atom stereocenters. The van der Waals surface area contributed by atoms with E-state index in [9.17, 15) is 4.79 Å². The van der Waals surface area contributed by atoms with Crippen molar-refractivity contribution in [1.82, 2.24) is 9.97 Å². The minimum atomic E-state index is -0.166. The van der Waals surface area contributed by atoms with Crippen LogP contribution in [-0.2, 0) is 17.6 Å². The van der Waals surface area contributed by atoms with Gasteiger partial charge in [-0.1, -0.05) is 26.7 Å². The molecule has 1 aromatic heterocycles. The van der Waals surface area contributed by atoms with Crippen LogP contribution in [0.25, 0.3) is 11.4 Å². The number of fused-ring (bicyclic) bond motifs is 1. The Bertz CT molecular complexity index is 725. The van der Waals surface area contributed by atoms with Gasteiger partial charge in [-0.3, -0.25) is 4.79 Å². The van der Waals surface area contributed by atoms with Crippen LogP contribution in [0.15, 0.2) is 30.5 Å². The summed E-state index contributed by atoms with van der Waals surface area (Å²) < 4.78 is 5.37. The number of carbonyl (C=O) groups is 1. The second-order valence-corrected chi connectivity index (χ2v) is 6.97. The molecule has 1 aliphatic rings. The Morgan fingerprint density at radius 2 is 2.04 bits per heavy atom. The van der Waals surface area contributed by atoms with Crippen LogP contribution in [-0.4, -0.2) is 15.9 Å². The van der Waals surface area contributed by atoms with Crippen LogP contribution in [0.1, 0.15) is 57.2 Å². The van der Waals surface area contributed by atoms with Gasteiger partial charge in [0.1, 0.15) is 5.75 Å². The Kier molecular flexibility index (Phi) is 5.79. The van der Waals surface area contributed by atoms with Crippen molar-refractivity contribution in [3.8, 4) is 17.1 Å². The lowest BCUT2D eigenvalue weighted by molar-refractivity contribution is -0.134. The van der Waals surface area contributed by atoms with Crippen LogP contribution < -0.4 is 4.74 Å². The average Bonchev–Trinajstić information content (AvgIpc) is 2.62. The molecule has 0 aliphatic heterocycles. The van der Waals surface area contributed by atoms with Gasteiger partial charge >= 0.3 is 5.97 Å². The zero-order valence-corrected chi connectivity index (χ0v) is 15.1. The molecule has 0 spiro atoms. The van der Waals surface area contributed by atoms with Crippen LogP contribution >= 0.6 is 0 Å². The molecule has 1 aliphatic carbocycles.